The van der Waals surface area contributed by atoms with Gasteiger partial charge in [0.15, 0.2) is 0 Å². The highest BCUT2D eigenvalue weighted by Crippen LogP contribution is 2.34. The zero-order valence-electron chi connectivity index (χ0n) is 23.5. The maximum Gasteiger partial charge on any atom is 0.364 e. The second-order valence-corrected chi connectivity index (χ2v) is 11.1. The summed E-state index contributed by atoms with van der Waals surface area (Å²) >= 11 is 1.65. The number of carbonyl (C=O) groups excluding carboxylic acids is 2. The number of rotatable bonds is 15. The predicted molar refractivity (Wildman–Crippen MR) is 154 cm³/mol. The molecule has 1 heterocycles. The zero-order valence-corrected chi connectivity index (χ0v) is 24.3. The lowest BCUT2D eigenvalue weighted by atomic mass is 9.88. The van der Waals surface area contributed by atoms with E-state index < -0.39 is 67.0 Å². The molecule has 1 fully saturated rings. The number of aliphatic hydroxyl groups is 3. The molecule has 0 spiro atoms. The second-order valence-electron chi connectivity index (χ2n) is 9.74. The Morgan fingerprint density at radius 1 is 1.10 bits per heavy atom. The monoisotopic (exact) mass is 606 g/mol. The van der Waals surface area contributed by atoms with Gasteiger partial charge in [0, 0.05) is 25.5 Å². The Kier molecular flexibility index (Phi) is 12.6. The molecule has 2 aromatic carbocycles. The molecular weight excluding hydrogens is 568 g/mol. The molecule has 3 rings (SSSR count). The number of carbonyl (C=O) groups is 3. The summed E-state index contributed by atoms with van der Waals surface area (Å²) in [5.41, 5.74) is 0.261. The van der Waals surface area contributed by atoms with Crippen molar-refractivity contribution in [3.8, 4) is 11.5 Å². The molecule has 0 aliphatic carbocycles. The van der Waals surface area contributed by atoms with Gasteiger partial charge in [-0.3, -0.25) is 9.59 Å². The van der Waals surface area contributed by atoms with Gasteiger partial charge in [-0.1, -0.05) is 25.1 Å². The fraction of sp³-hybridized carbons (Fsp3) is 0.483. The van der Waals surface area contributed by atoms with E-state index in [0.717, 1.165) is 11.5 Å². The Bertz CT molecular complexity index is 1170. The van der Waals surface area contributed by atoms with E-state index in [9.17, 15) is 34.8 Å². The lowest BCUT2D eigenvalue weighted by Crippen LogP contribution is -2.68. The molecule has 2 amide bonds. The average Bonchev–Trinajstić information content (AvgIpc) is 2.97. The SMILES string of the molecule is CCSCCCO[C@]1(C(=O)O)C[C@H](O)[C@@H](NC(C)=O)C([C@H](O)[C@H](O)CNC(=O)c2ccc(Oc3ccccc3)cc2)O1. The van der Waals surface area contributed by atoms with E-state index in [1.807, 2.05) is 25.1 Å². The van der Waals surface area contributed by atoms with Crippen LogP contribution in [0.2, 0.25) is 0 Å². The molecule has 42 heavy (non-hydrogen) atoms. The zero-order chi connectivity index (χ0) is 30.7. The summed E-state index contributed by atoms with van der Waals surface area (Å²) in [7, 11) is 0. The van der Waals surface area contributed by atoms with Crippen LogP contribution in [0.4, 0.5) is 0 Å². The first kappa shape index (κ1) is 33.3. The first-order chi connectivity index (χ1) is 20.1. The minimum absolute atomic E-state index is 0.00737. The van der Waals surface area contributed by atoms with Gasteiger partial charge in [-0.15, -0.1) is 0 Å². The molecule has 2 aromatic rings. The first-order valence-electron chi connectivity index (χ1n) is 13.6. The average molecular weight is 607 g/mol. The summed E-state index contributed by atoms with van der Waals surface area (Å²) in [4.78, 5) is 36.8. The van der Waals surface area contributed by atoms with Crippen molar-refractivity contribution in [2.75, 3.05) is 24.7 Å². The Morgan fingerprint density at radius 3 is 2.38 bits per heavy atom. The van der Waals surface area contributed by atoms with Crippen molar-refractivity contribution in [3.63, 3.8) is 0 Å². The van der Waals surface area contributed by atoms with Gasteiger partial charge in [0.25, 0.3) is 11.7 Å². The van der Waals surface area contributed by atoms with E-state index in [1.54, 1.807) is 36.0 Å². The van der Waals surface area contributed by atoms with Crippen LogP contribution in [0.15, 0.2) is 54.6 Å². The molecule has 13 heteroatoms. The van der Waals surface area contributed by atoms with Crippen LogP contribution in [0.1, 0.15) is 37.0 Å². The van der Waals surface area contributed by atoms with E-state index in [-0.39, 0.29) is 12.2 Å². The van der Waals surface area contributed by atoms with Crippen LogP contribution < -0.4 is 15.4 Å². The number of aliphatic hydroxyl groups excluding tert-OH is 3. The normalized spacial score (nSPS) is 23.4. The summed E-state index contributed by atoms with van der Waals surface area (Å²) in [6.07, 6.45) is -6.55. The van der Waals surface area contributed by atoms with Crippen LogP contribution >= 0.6 is 11.8 Å². The van der Waals surface area contributed by atoms with E-state index in [4.69, 9.17) is 14.2 Å². The molecule has 1 aliphatic rings. The van der Waals surface area contributed by atoms with Crippen molar-refractivity contribution in [1.29, 1.82) is 0 Å². The third kappa shape index (κ3) is 9.15. The fourth-order valence-electron chi connectivity index (χ4n) is 4.43. The summed E-state index contributed by atoms with van der Waals surface area (Å²) in [6, 6.07) is 14.1. The summed E-state index contributed by atoms with van der Waals surface area (Å²) in [5.74, 6) is -2.21. The molecule has 6 atom stereocenters. The number of para-hydroxylation sites is 1. The predicted octanol–water partition coefficient (Wildman–Crippen LogP) is 1.53. The molecule has 0 aromatic heterocycles. The fourth-order valence-corrected chi connectivity index (χ4v) is 5.04. The lowest BCUT2D eigenvalue weighted by Gasteiger charge is -2.46. The standard InChI is InChI=1S/C29H38N2O10S/c1-3-42-15-7-14-39-29(28(37)38)16-22(33)24(31-18(2)32)26(41-29)25(35)23(34)17-30-27(36)19-10-12-21(13-11-19)40-20-8-5-4-6-9-20/h4-6,8-13,22-26,33-35H,3,7,14-17H2,1-2H3,(H,30,36)(H,31,32)(H,37,38)/t22-,23+,24+,25+,26?,29+/m0/s1. The van der Waals surface area contributed by atoms with Crippen molar-refractivity contribution >= 4 is 29.5 Å². The summed E-state index contributed by atoms with van der Waals surface area (Å²) < 4.78 is 17.0. The van der Waals surface area contributed by atoms with Gasteiger partial charge >= 0.3 is 5.97 Å². The van der Waals surface area contributed by atoms with Crippen molar-refractivity contribution in [2.24, 2.45) is 0 Å². The van der Waals surface area contributed by atoms with Crippen LogP contribution in [0.25, 0.3) is 0 Å². The number of nitrogens with one attached hydrogen (secondary N) is 2. The largest absolute Gasteiger partial charge is 0.477 e. The molecule has 6 N–H and O–H groups in total. The van der Waals surface area contributed by atoms with E-state index in [0.29, 0.717) is 17.9 Å². The van der Waals surface area contributed by atoms with E-state index >= 15 is 0 Å². The summed E-state index contributed by atoms with van der Waals surface area (Å²) in [6.45, 7) is 2.74. The molecule has 1 aliphatic heterocycles. The van der Waals surface area contributed by atoms with Crippen LogP contribution in [-0.2, 0) is 19.1 Å². The van der Waals surface area contributed by atoms with Gasteiger partial charge in [0.1, 0.15) is 23.7 Å². The highest BCUT2D eigenvalue weighted by Gasteiger charge is 2.55. The van der Waals surface area contributed by atoms with Crippen molar-refractivity contribution in [2.45, 2.75) is 62.9 Å². The van der Waals surface area contributed by atoms with Gasteiger partial charge in [-0.2, -0.15) is 11.8 Å². The quantitative estimate of drug-likeness (QED) is 0.162. The van der Waals surface area contributed by atoms with E-state index in [2.05, 4.69) is 10.6 Å². The van der Waals surface area contributed by atoms with E-state index in [1.165, 1.54) is 19.1 Å². The number of thioether (sulfide) groups is 1. The first-order valence-corrected chi connectivity index (χ1v) is 14.8. The van der Waals surface area contributed by atoms with Gasteiger partial charge in [-0.25, -0.2) is 4.79 Å². The molecule has 0 radical (unpaired) electrons. The molecular formula is C29H38N2O10S. The Morgan fingerprint density at radius 2 is 1.76 bits per heavy atom. The van der Waals surface area contributed by atoms with Gasteiger partial charge in [0.05, 0.1) is 24.9 Å². The number of hydrogen-bond donors (Lipinski definition) is 6. The highest BCUT2D eigenvalue weighted by atomic mass is 32.2. The Hall–Kier alpha value is -3.20. The molecule has 0 saturated carbocycles. The maximum atomic E-state index is 12.7. The molecule has 1 saturated heterocycles. The van der Waals surface area contributed by atoms with Crippen molar-refractivity contribution in [1.82, 2.24) is 10.6 Å². The number of carboxylic acids is 1. The highest BCUT2D eigenvalue weighted by molar-refractivity contribution is 7.99. The second kappa shape index (κ2) is 15.9. The smallest absolute Gasteiger partial charge is 0.364 e. The maximum absolute atomic E-state index is 12.7. The van der Waals surface area contributed by atoms with Gasteiger partial charge in [0.2, 0.25) is 5.91 Å². The van der Waals surface area contributed by atoms with Crippen LogP contribution in [0.3, 0.4) is 0 Å². The third-order valence-electron chi connectivity index (χ3n) is 6.54. The van der Waals surface area contributed by atoms with Crippen LogP contribution in [0.5, 0.6) is 11.5 Å². The minimum atomic E-state index is -2.32. The number of ether oxygens (including phenoxy) is 3. The third-order valence-corrected chi connectivity index (χ3v) is 7.52. The molecule has 1 unspecified atom stereocenters. The Labute approximate surface area is 248 Å². The Balaban J connectivity index is 1.66. The minimum Gasteiger partial charge on any atom is -0.477 e. The lowest BCUT2D eigenvalue weighted by molar-refractivity contribution is -0.310. The molecule has 12 nitrogen and oxygen atoms in total. The number of hydrogen-bond acceptors (Lipinski definition) is 10. The molecule has 0 bridgehead atoms. The topological polar surface area (TPSA) is 184 Å². The van der Waals surface area contributed by atoms with Crippen LogP contribution in [-0.4, -0.2) is 99.1 Å². The molecule has 230 valence electrons. The number of benzene rings is 2. The van der Waals surface area contributed by atoms with Crippen molar-refractivity contribution in [3.05, 3.63) is 60.2 Å². The van der Waals surface area contributed by atoms with Gasteiger partial charge < -0.3 is 45.3 Å². The van der Waals surface area contributed by atoms with Crippen molar-refractivity contribution < 1.29 is 49.0 Å². The van der Waals surface area contributed by atoms with Gasteiger partial charge in [-0.05, 0) is 54.3 Å². The van der Waals surface area contributed by atoms with Crippen LogP contribution in [0, 0.1) is 0 Å². The summed E-state index contributed by atoms with van der Waals surface area (Å²) in [5, 5.41) is 47.5. The number of carboxylic acid groups (broad SMARTS) is 1. The number of amides is 2. The number of aliphatic carboxylic acids is 1.